The van der Waals surface area contributed by atoms with Crippen LogP contribution in [0.25, 0.3) is 0 Å². The molecule has 0 saturated heterocycles. The van der Waals surface area contributed by atoms with Crippen molar-refractivity contribution in [2.45, 2.75) is 6.92 Å². The molecule has 0 aliphatic rings. The lowest BCUT2D eigenvalue weighted by atomic mass is 10.2. The van der Waals surface area contributed by atoms with Crippen LogP contribution in [-0.2, 0) is 0 Å². The number of benzene rings is 2. The van der Waals surface area contributed by atoms with Crippen LogP contribution in [0, 0.1) is 18.3 Å². The van der Waals surface area contributed by atoms with Crippen LogP contribution in [0.15, 0.2) is 48.5 Å². The molecule has 2 aromatic carbocycles. The molecule has 3 rings (SSSR count). The predicted octanol–water partition coefficient (Wildman–Crippen LogP) is 4.16. The van der Waals surface area contributed by atoms with Crippen molar-refractivity contribution in [2.75, 3.05) is 24.9 Å². The Hall–Kier alpha value is -3.79. The molecule has 3 aromatic rings. The number of para-hydroxylation sites is 1. The average molecular weight is 361 g/mol. The molecule has 2 N–H and O–H groups in total. The monoisotopic (exact) mass is 361 g/mol. The van der Waals surface area contributed by atoms with Gasteiger partial charge in [0.05, 0.1) is 25.5 Å². The molecule has 136 valence electrons. The van der Waals surface area contributed by atoms with Gasteiger partial charge in [0.1, 0.15) is 11.9 Å². The predicted molar refractivity (Wildman–Crippen MR) is 104 cm³/mol. The minimum Gasteiger partial charge on any atom is -0.493 e. The van der Waals surface area contributed by atoms with Gasteiger partial charge in [0.2, 0.25) is 5.95 Å². The van der Waals surface area contributed by atoms with Crippen LogP contribution in [0.5, 0.6) is 11.5 Å². The lowest BCUT2D eigenvalue weighted by molar-refractivity contribution is 0.355. The molecule has 0 fully saturated rings. The molecular formula is C20H19N5O2. The zero-order chi connectivity index (χ0) is 19.2. The average Bonchev–Trinajstić information content (AvgIpc) is 2.67. The number of hydrogen-bond donors (Lipinski definition) is 2. The number of aromatic nitrogens is 2. The molecule has 0 unspecified atom stereocenters. The van der Waals surface area contributed by atoms with E-state index in [2.05, 4.69) is 26.7 Å². The van der Waals surface area contributed by atoms with Gasteiger partial charge < -0.3 is 20.1 Å². The fraction of sp³-hybridized carbons (Fsp3) is 0.150. The molecule has 0 bridgehead atoms. The van der Waals surface area contributed by atoms with Gasteiger partial charge >= 0.3 is 0 Å². The molecule has 0 amide bonds. The van der Waals surface area contributed by atoms with Crippen molar-refractivity contribution in [3.05, 3.63) is 59.8 Å². The summed E-state index contributed by atoms with van der Waals surface area (Å²) in [5, 5.41) is 15.6. The molecule has 1 heterocycles. The number of nitriles is 1. The molecule has 0 aliphatic heterocycles. The summed E-state index contributed by atoms with van der Waals surface area (Å²) in [7, 11) is 3.18. The van der Waals surface area contributed by atoms with Gasteiger partial charge in [0.15, 0.2) is 11.5 Å². The van der Waals surface area contributed by atoms with Crippen LogP contribution < -0.4 is 20.1 Å². The maximum absolute atomic E-state index is 9.23. The van der Waals surface area contributed by atoms with E-state index in [1.807, 2.05) is 49.4 Å². The van der Waals surface area contributed by atoms with Crippen LogP contribution in [0.4, 0.5) is 23.1 Å². The van der Waals surface area contributed by atoms with Crippen molar-refractivity contribution in [3.63, 3.8) is 0 Å². The second-order valence-electron chi connectivity index (χ2n) is 5.70. The summed E-state index contributed by atoms with van der Waals surface area (Å²) < 4.78 is 10.6. The first kappa shape index (κ1) is 18.0. The van der Waals surface area contributed by atoms with Gasteiger partial charge in [-0.1, -0.05) is 12.1 Å². The highest BCUT2D eigenvalue weighted by Gasteiger charge is 2.08. The molecule has 7 heteroatoms. The van der Waals surface area contributed by atoms with E-state index in [4.69, 9.17) is 9.47 Å². The highest BCUT2D eigenvalue weighted by atomic mass is 16.5. The van der Waals surface area contributed by atoms with Crippen LogP contribution in [0.3, 0.4) is 0 Å². The maximum Gasteiger partial charge on any atom is 0.229 e. The lowest BCUT2D eigenvalue weighted by Gasteiger charge is -2.12. The van der Waals surface area contributed by atoms with Gasteiger partial charge in [-0.15, -0.1) is 0 Å². The summed E-state index contributed by atoms with van der Waals surface area (Å²) in [6.07, 6.45) is 0. The number of ether oxygens (including phenoxy) is 2. The normalized spacial score (nSPS) is 10.0. The van der Waals surface area contributed by atoms with E-state index >= 15 is 0 Å². The summed E-state index contributed by atoms with van der Waals surface area (Å²) in [4.78, 5) is 8.87. The third kappa shape index (κ3) is 4.25. The fourth-order valence-corrected chi connectivity index (χ4v) is 2.56. The maximum atomic E-state index is 9.23. The number of nitrogens with one attached hydrogen (secondary N) is 2. The number of nitrogens with zero attached hydrogens (tertiary/aromatic N) is 3. The Balaban J connectivity index is 1.87. The number of hydrogen-bond acceptors (Lipinski definition) is 7. The number of methoxy groups -OCH3 is 2. The second kappa shape index (κ2) is 8.06. The third-order valence-corrected chi connectivity index (χ3v) is 3.80. The van der Waals surface area contributed by atoms with Crippen molar-refractivity contribution in [1.29, 1.82) is 5.26 Å². The van der Waals surface area contributed by atoms with Crippen molar-refractivity contribution in [3.8, 4) is 17.6 Å². The van der Waals surface area contributed by atoms with Gasteiger partial charge in [-0.05, 0) is 31.2 Å². The minimum atomic E-state index is 0.403. The summed E-state index contributed by atoms with van der Waals surface area (Å²) in [6, 6.07) is 16.7. The standard InChI is InChI=1S/C20H19N5O2/c1-13-10-19(23-15-8-9-17(26-2)18(11-15)27-3)25-20(22-13)24-16-7-5-4-6-14(16)12-21/h4-11H,1-3H3,(H2,22,23,24,25). The van der Waals surface area contributed by atoms with E-state index in [0.29, 0.717) is 34.5 Å². The van der Waals surface area contributed by atoms with Crippen molar-refractivity contribution >= 4 is 23.1 Å². The molecule has 0 radical (unpaired) electrons. The first-order chi connectivity index (χ1) is 13.1. The van der Waals surface area contributed by atoms with Crippen molar-refractivity contribution in [1.82, 2.24) is 9.97 Å². The van der Waals surface area contributed by atoms with Crippen LogP contribution >= 0.6 is 0 Å². The number of aryl methyl sites for hydroxylation is 1. The molecule has 0 atom stereocenters. The van der Waals surface area contributed by atoms with Crippen LogP contribution in [-0.4, -0.2) is 24.2 Å². The highest BCUT2D eigenvalue weighted by molar-refractivity contribution is 5.65. The molecule has 1 aromatic heterocycles. The Morgan fingerprint density at radius 1 is 0.926 bits per heavy atom. The second-order valence-corrected chi connectivity index (χ2v) is 5.70. The summed E-state index contributed by atoms with van der Waals surface area (Å²) in [5.41, 5.74) is 2.76. The zero-order valence-corrected chi connectivity index (χ0v) is 15.3. The first-order valence-corrected chi connectivity index (χ1v) is 8.24. The Morgan fingerprint density at radius 2 is 1.70 bits per heavy atom. The Morgan fingerprint density at radius 3 is 2.44 bits per heavy atom. The molecular weight excluding hydrogens is 342 g/mol. The van der Waals surface area contributed by atoms with Crippen LogP contribution in [0.2, 0.25) is 0 Å². The van der Waals surface area contributed by atoms with Gasteiger partial charge in [0.25, 0.3) is 0 Å². The topological polar surface area (TPSA) is 92.1 Å². The smallest absolute Gasteiger partial charge is 0.229 e. The summed E-state index contributed by atoms with van der Waals surface area (Å²) >= 11 is 0. The molecule has 27 heavy (non-hydrogen) atoms. The quantitative estimate of drug-likeness (QED) is 0.681. The molecule has 0 spiro atoms. The van der Waals surface area contributed by atoms with Gasteiger partial charge in [-0.25, -0.2) is 4.98 Å². The third-order valence-electron chi connectivity index (χ3n) is 3.80. The number of anilines is 4. The molecule has 7 nitrogen and oxygen atoms in total. The Bertz CT molecular complexity index is 998. The molecule has 0 aliphatic carbocycles. The number of rotatable bonds is 6. The SMILES string of the molecule is COc1ccc(Nc2cc(C)nc(Nc3ccccc3C#N)n2)cc1OC. The zero-order valence-electron chi connectivity index (χ0n) is 15.3. The van der Waals surface area contributed by atoms with Gasteiger partial charge in [-0.2, -0.15) is 10.2 Å². The van der Waals surface area contributed by atoms with E-state index in [-0.39, 0.29) is 0 Å². The van der Waals surface area contributed by atoms with Crippen LogP contribution in [0.1, 0.15) is 11.3 Å². The molecule has 0 saturated carbocycles. The van der Waals surface area contributed by atoms with E-state index in [1.165, 1.54) is 0 Å². The highest BCUT2D eigenvalue weighted by Crippen LogP contribution is 2.31. The van der Waals surface area contributed by atoms with E-state index in [0.717, 1.165) is 11.4 Å². The Kier molecular flexibility index (Phi) is 5.38. The lowest BCUT2D eigenvalue weighted by Crippen LogP contribution is -2.03. The summed E-state index contributed by atoms with van der Waals surface area (Å²) in [5.74, 6) is 2.29. The summed E-state index contributed by atoms with van der Waals surface area (Å²) in [6.45, 7) is 1.88. The Labute approximate surface area is 157 Å². The largest absolute Gasteiger partial charge is 0.493 e. The van der Waals surface area contributed by atoms with Gasteiger partial charge in [0, 0.05) is 23.5 Å². The first-order valence-electron chi connectivity index (χ1n) is 8.24. The fourth-order valence-electron chi connectivity index (χ4n) is 2.56. The van der Waals surface area contributed by atoms with Crippen molar-refractivity contribution < 1.29 is 9.47 Å². The van der Waals surface area contributed by atoms with Crippen molar-refractivity contribution in [2.24, 2.45) is 0 Å². The van der Waals surface area contributed by atoms with E-state index in [9.17, 15) is 5.26 Å². The van der Waals surface area contributed by atoms with E-state index in [1.54, 1.807) is 20.3 Å². The van der Waals surface area contributed by atoms with E-state index < -0.39 is 0 Å². The minimum absolute atomic E-state index is 0.403. The van der Waals surface area contributed by atoms with Gasteiger partial charge in [-0.3, -0.25) is 0 Å².